The molecule has 0 amide bonds. The summed E-state index contributed by atoms with van der Waals surface area (Å²) in [5.41, 5.74) is 4.45. The van der Waals surface area contributed by atoms with E-state index in [-0.39, 0.29) is 5.56 Å². The Labute approximate surface area is 194 Å². The van der Waals surface area contributed by atoms with Crippen molar-refractivity contribution in [1.82, 2.24) is 9.36 Å². The van der Waals surface area contributed by atoms with E-state index in [9.17, 15) is 4.79 Å². The van der Waals surface area contributed by atoms with Gasteiger partial charge in [-0.2, -0.15) is 0 Å². The molecule has 1 heterocycles. The molecule has 3 aromatic carbocycles. The lowest BCUT2D eigenvalue weighted by Gasteiger charge is -2.13. The molecule has 170 valence electrons. The van der Waals surface area contributed by atoms with E-state index < -0.39 is 0 Å². The number of hydrogen-bond acceptors (Lipinski definition) is 4. The summed E-state index contributed by atoms with van der Waals surface area (Å²) in [6, 6.07) is 25.7. The van der Waals surface area contributed by atoms with Gasteiger partial charge in [0.05, 0.1) is 25.1 Å². The fourth-order valence-electron chi connectivity index (χ4n) is 3.83. The number of nitrogens with zero attached hydrogens (tertiary/aromatic N) is 2. The summed E-state index contributed by atoms with van der Waals surface area (Å²) in [5.74, 6) is 1.38. The molecule has 0 aliphatic heterocycles. The molecule has 33 heavy (non-hydrogen) atoms. The topological polar surface area (TPSA) is 57.4 Å². The van der Waals surface area contributed by atoms with Crippen LogP contribution in [0.5, 0.6) is 11.5 Å². The van der Waals surface area contributed by atoms with Gasteiger partial charge in [-0.05, 0) is 42.3 Å². The van der Waals surface area contributed by atoms with Crippen molar-refractivity contribution in [1.29, 1.82) is 0 Å². The summed E-state index contributed by atoms with van der Waals surface area (Å²) >= 11 is 0. The first-order chi connectivity index (χ1) is 16.1. The van der Waals surface area contributed by atoms with Crippen LogP contribution >= 0.6 is 0 Å². The standard InChI is InChI=1S/C27H29N3O3/c1-20-26(27(31)30(29(20)2)23-12-8-5-9-13-23)28-19-22-14-15-24(25(18-22)32-3)33-17-16-21-10-6-4-7-11-21/h4-15,18,28H,16-17,19H2,1-3H3. The molecule has 0 bridgehead atoms. The lowest BCUT2D eigenvalue weighted by atomic mass is 10.1. The molecule has 0 spiro atoms. The van der Waals surface area contributed by atoms with Gasteiger partial charge in [0, 0.05) is 20.0 Å². The van der Waals surface area contributed by atoms with Crippen LogP contribution in [0.15, 0.2) is 83.7 Å². The maximum Gasteiger partial charge on any atom is 0.295 e. The van der Waals surface area contributed by atoms with Crippen molar-refractivity contribution in [2.75, 3.05) is 19.0 Å². The van der Waals surface area contributed by atoms with Gasteiger partial charge in [-0.3, -0.25) is 9.48 Å². The van der Waals surface area contributed by atoms with Crippen molar-refractivity contribution >= 4 is 5.69 Å². The molecule has 4 aromatic rings. The Hall–Kier alpha value is -3.93. The van der Waals surface area contributed by atoms with Crippen LogP contribution < -0.4 is 20.3 Å². The SMILES string of the molecule is COc1cc(CNc2c(C)n(C)n(-c3ccccc3)c2=O)ccc1OCCc1ccccc1. The van der Waals surface area contributed by atoms with E-state index in [0.717, 1.165) is 23.4 Å². The molecule has 0 aliphatic rings. The summed E-state index contributed by atoms with van der Waals surface area (Å²) in [5, 5.41) is 3.31. The van der Waals surface area contributed by atoms with E-state index in [1.807, 2.05) is 85.4 Å². The number of ether oxygens (including phenoxy) is 2. The fourth-order valence-corrected chi connectivity index (χ4v) is 3.83. The first-order valence-electron chi connectivity index (χ1n) is 11.0. The average molecular weight is 444 g/mol. The lowest BCUT2D eigenvalue weighted by Crippen LogP contribution is -2.21. The van der Waals surface area contributed by atoms with Gasteiger partial charge < -0.3 is 14.8 Å². The highest BCUT2D eigenvalue weighted by Crippen LogP contribution is 2.28. The first-order valence-corrected chi connectivity index (χ1v) is 11.0. The summed E-state index contributed by atoms with van der Waals surface area (Å²) in [4.78, 5) is 13.1. The minimum Gasteiger partial charge on any atom is -0.493 e. The Morgan fingerprint density at radius 1 is 0.879 bits per heavy atom. The van der Waals surface area contributed by atoms with Gasteiger partial charge in [-0.25, -0.2) is 4.68 Å². The van der Waals surface area contributed by atoms with Crippen LogP contribution in [0.2, 0.25) is 0 Å². The normalized spacial score (nSPS) is 10.8. The van der Waals surface area contributed by atoms with E-state index in [1.165, 1.54) is 5.56 Å². The van der Waals surface area contributed by atoms with Crippen molar-refractivity contribution in [2.45, 2.75) is 19.9 Å². The number of hydrogen-bond donors (Lipinski definition) is 1. The predicted molar refractivity (Wildman–Crippen MR) is 132 cm³/mol. The second-order valence-electron chi connectivity index (χ2n) is 7.86. The zero-order chi connectivity index (χ0) is 23.2. The molecule has 6 nitrogen and oxygen atoms in total. The van der Waals surface area contributed by atoms with Crippen LogP contribution in [-0.4, -0.2) is 23.1 Å². The molecular weight excluding hydrogens is 414 g/mol. The molecule has 0 unspecified atom stereocenters. The second kappa shape index (κ2) is 10.1. The van der Waals surface area contributed by atoms with Gasteiger partial charge in [0.2, 0.25) is 0 Å². The summed E-state index contributed by atoms with van der Waals surface area (Å²) in [6.07, 6.45) is 0.828. The van der Waals surface area contributed by atoms with E-state index in [4.69, 9.17) is 9.47 Å². The van der Waals surface area contributed by atoms with Crippen LogP contribution in [0.4, 0.5) is 5.69 Å². The molecule has 0 aliphatic carbocycles. The third-order valence-electron chi connectivity index (χ3n) is 5.74. The Morgan fingerprint density at radius 3 is 2.27 bits per heavy atom. The minimum atomic E-state index is -0.0750. The highest BCUT2D eigenvalue weighted by molar-refractivity contribution is 5.50. The highest BCUT2D eigenvalue weighted by atomic mass is 16.5. The number of rotatable bonds is 9. The number of anilines is 1. The van der Waals surface area contributed by atoms with Crippen LogP contribution in [0.3, 0.4) is 0 Å². The largest absolute Gasteiger partial charge is 0.493 e. The van der Waals surface area contributed by atoms with Crippen LogP contribution in [-0.2, 0) is 20.0 Å². The van der Waals surface area contributed by atoms with Crippen molar-refractivity contribution in [2.24, 2.45) is 7.05 Å². The molecule has 0 fully saturated rings. The molecule has 0 saturated carbocycles. The zero-order valence-corrected chi connectivity index (χ0v) is 19.2. The highest BCUT2D eigenvalue weighted by Gasteiger charge is 2.16. The monoisotopic (exact) mass is 443 g/mol. The lowest BCUT2D eigenvalue weighted by molar-refractivity contribution is 0.297. The van der Waals surface area contributed by atoms with Gasteiger partial charge >= 0.3 is 0 Å². The van der Waals surface area contributed by atoms with Crippen molar-refractivity contribution in [3.05, 3.63) is 106 Å². The fraction of sp³-hybridized carbons (Fsp3) is 0.222. The van der Waals surface area contributed by atoms with Crippen LogP contribution in [0.1, 0.15) is 16.8 Å². The summed E-state index contributed by atoms with van der Waals surface area (Å²) < 4.78 is 15.0. The third-order valence-corrected chi connectivity index (χ3v) is 5.74. The average Bonchev–Trinajstić information content (AvgIpc) is 3.07. The van der Waals surface area contributed by atoms with Gasteiger partial charge in [0.15, 0.2) is 11.5 Å². The molecule has 0 saturated heterocycles. The van der Waals surface area contributed by atoms with Crippen LogP contribution in [0, 0.1) is 6.92 Å². The van der Waals surface area contributed by atoms with Crippen molar-refractivity contribution < 1.29 is 9.47 Å². The van der Waals surface area contributed by atoms with Gasteiger partial charge in [-0.15, -0.1) is 0 Å². The quantitative estimate of drug-likeness (QED) is 0.406. The van der Waals surface area contributed by atoms with Crippen LogP contribution in [0.25, 0.3) is 5.69 Å². The molecule has 0 atom stereocenters. The predicted octanol–water partition coefficient (Wildman–Crippen LogP) is 4.73. The second-order valence-corrected chi connectivity index (χ2v) is 7.86. The number of methoxy groups -OCH3 is 1. The number of nitrogens with one attached hydrogen (secondary N) is 1. The van der Waals surface area contributed by atoms with E-state index in [1.54, 1.807) is 11.8 Å². The Kier molecular flexibility index (Phi) is 6.83. The number of para-hydroxylation sites is 1. The summed E-state index contributed by atoms with van der Waals surface area (Å²) in [6.45, 7) is 3.00. The van der Waals surface area contributed by atoms with Crippen molar-refractivity contribution in [3.63, 3.8) is 0 Å². The molecule has 1 aromatic heterocycles. The first kappa shape index (κ1) is 22.3. The maximum absolute atomic E-state index is 13.1. The summed E-state index contributed by atoms with van der Waals surface area (Å²) in [7, 11) is 3.52. The molecule has 1 N–H and O–H groups in total. The number of aromatic nitrogens is 2. The Morgan fingerprint density at radius 2 is 1.58 bits per heavy atom. The number of benzene rings is 3. The molecule has 0 radical (unpaired) electrons. The smallest absolute Gasteiger partial charge is 0.295 e. The zero-order valence-electron chi connectivity index (χ0n) is 19.2. The van der Waals surface area contributed by atoms with Gasteiger partial charge in [0.1, 0.15) is 5.69 Å². The third kappa shape index (κ3) is 4.95. The minimum absolute atomic E-state index is 0.0750. The van der Waals surface area contributed by atoms with Crippen molar-refractivity contribution in [3.8, 4) is 17.2 Å². The van der Waals surface area contributed by atoms with E-state index in [2.05, 4.69) is 17.4 Å². The van der Waals surface area contributed by atoms with E-state index in [0.29, 0.717) is 30.3 Å². The molecular formula is C27H29N3O3. The molecule has 6 heteroatoms. The molecule has 4 rings (SSSR count). The van der Waals surface area contributed by atoms with E-state index >= 15 is 0 Å². The maximum atomic E-state index is 13.1. The van der Waals surface area contributed by atoms with Gasteiger partial charge in [0.25, 0.3) is 5.56 Å². The van der Waals surface area contributed by atoms with Gasteiger partial charge in [-0.1, -0.05) is 54.6 Å². The Balaban J connectivity index is 1.45. The Bertz CT molecular complexity index is 1260.